The second-order valence-electron chi connectivity index (χ2n) is 3.89. The summed E-state index contributed by atoms with van der Waals surface area (Å²) >= 11 is 5.57. The van der Waals surface area contributed by atoms with Crippen LogP contribution in [0.15, 0.2) is 0 Å². The lowest BCUT2D eigenvalue weighted by atomic mass is 10.3. The molecule has 17 heavy (non-hydrogen) atoms. The molecule has 0 aliphatic rings. The molecule has 0 radical (unpaired) electrons. The number of hydrogen-bond acceptors (Lipinski definition) is 4. The Balaban J connectivity index is 3.53. The summed E-state index contributed by atoms with van der Waals surface area (Å²) in [5.41, 5.74) is 0. The van der Waals surface area contributed by atoms with Crippen LogP contribution in [0.4, 0.5) is 0 Å². The number of methoxy groups -OCH3 is 1. The third-order valence-corrected chi connectivity index (χ3v) is 4.17. The van der Waals surface area contributed by atoms with Gasteiger partial charge in [-0.15, -0.1) is 11.6 Å². The second-order valence-corrected chi connectivity index (χ2v) is 6.05. The van der Waals surface area contributed by atoms with Gasteiger partial charge in [-0.05, 0) is 12.3 Å². The van der Waals surface area contributed by atoms with Crippen molar-refractivity contribution in [1.82, 2.24) is 4.72 Å². The Hall–Kier alpha value is 0.120. The maximum absolute atomic E-state index is 11.5. The Kier molecular flexibility index (Phi) is 10.2. The average molecular weight is 288 g/mol. The number of sulfonamides is 1. The van der Waals surface area contributed by atoms with Crippen molar-refractivity contribution in [3.8, 4) is 0 Å². The molecule has 0 amide bonds. The first-order valence-electron chi connectivity index (χ1n) is 5.62. The predicted octanol–water partition coefficient (Wildman–Crippen LogP) is 0.834. The Morgan fingerprint density at radius 1 is 1.29 bits per heavy atom. The van der Waals surface area contributed by atoms with Crippen molar-refractivity contribution < 1.29 is 17.9 Å². The summed E-state index contributed by atoms with van der Waals surface area (Å²) in [4.78, 5) is 0. The largest absolute Gasteiger partial charge is 0.382 e. The van der Waals surface area contributed by atoms with E-state index in [9.17, 15) is 8.42 Å². The number of ether oxygens (including phenoxy) is 2. The van der Waals surface area contributed by atoms with Crippen LogP contribution in [0.3, 0.4) is 0 Å². The van der Waals surface area contributed by atoms with E-state index in [2.05, 4.69) is 4.72 Å². The van der Waals surface area contributed by atoms with Gasteiger partial charge in [0.2, 0.25) is 10.0 Å². The van der Waals surface area contributed by atoms with Crippen LogP contribution in [0.25, 0.3) is 0 Å². The Morgan fingerprint density at radius 3 is 2.59 bits per heavy atom. The van der Waals surface area contributed by atoms with E-state index in [1.807, 2.05) is 0 Å². The third-order valence-electron chi connectivity index (χ3n) is 1.99. The van der Waals surface area contributed by atoms with Crippen LogP contribution in [0.2, 0.25) is 0 Å². The maximum atomic E-state index is 11.5. The zero-order chi connectivity index (χ0) is 13.1. The Bertz CT molecular complexity index is 271. The Labute approximate surface area is 109 Å². The van der Waals surface area contributed by atoms with Crippen LogP contribution in [-0.2, 0) is 19.5 Å². The van der Waals surface area contributed by atoms with Gasteiger partial charge in [0.15, 0.2) is 0 Å². The van der Waals surface area contributed by atoms with E-state index in [0.717, 1.165) is 0 Å². The van der Waals surface area contributed by atoms with E-state index >= 15 is 0 Å². The van der Waals surface area contributed by atoms with Gasteiger partial charge < -0.3 is 9.47 Å². The minimum absolute atomic E-state index is 0.0351. The molecule has 104 valence electrons. The molecule has 0 aliphatic carbocycles. The van der Waals surface area contributed by atoms with Gasteiger partial charge in [0.25, 0.3) is 0 Å². The highest BCUT2D eigenvalue weighted by Gasteiger charge is 2.13. The molecule has 0 aromatic carbocycles. The van der Waals surface area contributed by atoms with Crippen molar-refractivity contribution in [2.24, 2.45) is 5.92 Å². The van der Waals surface area contributed by atoms with Gasteiger partial charge in [0, 0.05) is 26.1 Å². The fraction of sp³-hybridized carbons (Fsp3) is 1.00. The predicted molar refractivity (Wildman–Crippen MR) is 69.0 cm³/mol. The second kappa shape index (κ2) is 10.1. The first-order chi connectivity index (χ1) is 8.02. The standard InChI is InChI=1S/C10H22ClNO4S/c1-10(8-11)9-17(13,14)12-4-3-5-16-7-6-15-2/h10,12H,3-9H2,1-2H3. The smallest absolute Gasteiger partial charge is 0.211 e. The van der Waals surface area contributed by atoms with Crippen LogP contribution >= 0.6 is 11.6 Å². The molecule has 0 saturated heterocycles. The molecule has 0 spiro atoms. The fourth-order valence-corrected chi connectivity index (χ4v) is 2.80. The topological polar surface area (TPSA) is 64.6 Å². The van der Waals surface area contributed by atoms with E-state index in [0.29, 0.717) is 38.7 Å². The summed E-state index contributed by atoms with van der Waals surface area (Å²) in [5, 5.41) is 0. The number of nitrogens with one attached hydrogen (secondary N) is 1. The van der Waals surface area contributed by atoms with Crippen molar-refractivity contribution >= 4 is 21.6 Å². The van der Waals surface area contributed by atoms with Crippen molar-refractivity contribution in [1.29, 1.82) is 0 Å². The molecule has 0 saturated carbocycles. The molecule has 1 N–H and O–H groups in total. The minimum Gasteiger partial charge on any atom is -0.382 e. The summed E-state index contributed by atoms with van der Waals surface area (Å²) in [6.45, 7) is 3.81. The van der Waals surface area contributed by atoms with Gasteiger partial charge in [-0.1, -0.05) is 6.92 Å². The van der Waals surface area contributed by atoms with Crippen molar-refractivity contribution in [3.05, 3.63) is 0 Å². The number of halogens is 1. The molecule has 0 fully saturated rings. The van der Waals surface area contributed by atoms with E-state index in [1.165, 1.54) is 0 Å². The molecule has 0 bridgehead atoms. The Morgan fingerprint density at radius 2 is 2.00 bits per heavy atom. The van der Waals surface area contributed by atoms with Gasteiger partial charge in [0.05, 0.1) is 19.0 Å². The first kappa shape index (κ1) is 17.1. The monoisotopic (exact) mass is 287 g/mol. The maximum Gasteiger partial charge on any atom is 0.211 e. The molecule has 0 heterocycles. The number of alkyl halides is 1. The summed E-state index contributed by atoms with van der Waals surface area (Å²) in [7, 11) is -1.60. The molecule has 1 atom stereocenters. The van der Waals surface area contributed by atoms with Crippen LogP contribution in [0.1, 0.15) is 13.3 Å². The summed E-state index contributed by atoms with van der Waals surface area (Å²) in [6.07, 6.45) is 0.651. The van der Waals surface area contributed by atoms with Gasteiger partial charge >= 0.3 is 0 Å². The molecule has 1 unspecified atom stereocenters. The molecule has 0 aliphatic heterocycles. The molecule has 0 rings (SSSR count). The van der Waals surface area contributed by atoms with E-state index in [-0.39, 0.29) is 11.7 Å². The van der Waals surface area contributed by atoms with Crippen molar-refractivity contribution in [2.75, 3.05) is 45.1 Å². The fourth-order valence-electron chi connectivity index (χ4n) is 1.12. The van der Waals surface area contributed by atoms with Crippen LogP contribution in [0, 0.1) is 5.92 Å². The molecular formula is C10H22ClNO4S. The number of hydrogen-bond donors (Lipinski definition) is 1. The lowest BCUT2D eigenvalue weighted by Gasteiger charge is -2.10. The minimum atomic E-state index is -3.21. The summed E-state index contributed by atoms with van der Waals surface area (Å²) < 4.78 is 35.5. The average Bonchev–Trinajstić information content (AvgIpc) is 2.27. The molecule has 5 nitrogen and oxygen atoms in total. The summed E-state index contributed by atoms with van der Waals surface area (Å²) in [6, 6.07) is 0. The van der Waals surface area contributed by atoms with Gasteiger partial charge in [-0.3, -0.25) is 0 Å². The van der Waals surface area contributed by atoms with Crippen LogP contribution < -0.4 is 4.72 Å². The van der Waals surface area contributed by atoms with Crippen LogP contribution in [-0.4, -0.2) is 53.5 Å². The van der Waals surface area contributed by atoms with Gasteiger partial charge in [-0.2, -0.15) is 0 Å². The SMILES string of the molecule is COCCOCCCNS(=O)(=O)CC(C)CCl. The highest BCUT2D eigenvalue weighted by molar-refractivity contribution is 7.89. The molecular weight excluding hydrogens is 266 g/mol. The van der Waals surface area contributed by atoms with Crippen molar-refractivity contribution in [3.63, 3.8) is 0 Å². The van der Waals surface area contributed by atoms with Crippen molar-refractivity contribution in [2.45, 2.75) is 13.3 Å². The quantitative estimate of drug-likeness (QED) is 0.452. The van der Waals surface area contributed by atoms with E-state index < -0.39 is 10.0 Å². The van der Waals surface area contributed by atoms with E-state index in [4.69, 9.17) is 21.1 Å². The zero-order valence-electron chi connectivity index (χ0n) is 10.4. The van der Waals surface area contributed by atoms with Crippen LogP contribution in [0.5, 0.6) is 0 Å². The number of rotatable bonds is 11. The first-order valence-corrected chi connectivity index (χ1v) is 7.80. The highest BCUT2D eigenvalue weighted by atomic mass is 35.5. The normalized spacial score (nSPS) is 13.8. The molecule has 0 aromatic heterocycles. The summed E-state index contributed by atoms with van der Waals surface area (Å²) in [5.74, 6) is 0.384. The molecule has 7 heteroatoms. The molecule has 0 aromatic rings. The lowest BCUT2D eigenvalue weighted by Crippen LogP contribution is -2.30. The lowest BCUT2D eigenvalue weighted by molar-refractivity contribution is 0.0699. The zero-order valence-corrected chi connectivity index (χ0v) is 12.0. The van der Waals surface area contributed by atoms with Gasteiger partial charge in [-0.25, -0.2) is 13.1 Å². The highest BCUT2D eigenvalue weighted by Crippen LogP contribution is 2.01. The van der Waals surface area contributed by atoms with E-state index in [1.54, 1.807) is 14.0 Å². The van der Waals surface area contributed by atoms with Gasteiger partial charge in [0.1, 0.15) is 0 Å². The third kappa shape index (κ3) is 11.0.